The summed E-state index contributed by atoms with van der Waals surface area (Å²) in [5.41, 5.74) is 1.87. The first-order valence-corrected chi connectivity index (χ1v) is 12.3. The van der Waals surface area contributed by atoms with Gasteiger partial charge < -0.3 is 9.64 Å². The molecule has 170 valence electrons. The molecule has 2 aliphatic heterocycles. The second-order valence-electron chi connectivity index (χ2n) is 7.97. The Hall–Kier alpha value is -2.23. The number of nitrogens with zero attached hydrogens (tertiary/aromatic N) is 4. The number of pyridine rings is 1. The van der Waals surface area contributed by atoms with E-state index in [9.17, 15) is 9.59 Å². The number of hydrogen-bond donors (Lipinski definition) is 0. The van der Waals surface area contributed by atoms with E-state index in [0.29, 0.717) is 52.4 Å². The second kappa shape index (κ2) is 10.1. The third-order valence-electron chi connectivity index (χ3n) is 5.74. The van der Waals surface area contributed by atoms with Gasteiger partial charge in [0.2, 0.25) is 0 Å². The van der Waals surface area contributed by atoms with E-state index in [0.717, 1.165) is 31.5 Å². The molecule has 0 N–H and O–H groups in total. The number of piperidine rings is 1. The van der Waals surface area contributed by atoms with Crippen LogP contribution in [0.5, 0.6) is 0 Å². The molecule has 4 rings (SSSR count). The van der Waals surface area contributed by atoms with Crippen LogP contribution in [0.4, 0.5) is 5.82 Å². The predicted octanol–water partition coefficient (Wildman–Crippen LogP) is 3.62. The van der Waals surface area contributed by atoms with E-state index in [1.807, 2.05) is 26.0 Å². The predicted molar refractivity (Wildman–Crippen MR) is 133 cm³/mol. The Morgan fingerprint density at radius 1 is 1.25 bits per heavy atom. The van der Waals surface area contributed by atoms with Gasteiger partial charge in [-0.2, -0.15) is 0 Å². The van der Waals surface area contributed by atoms with E-state index in [-0.39, 0.29) is 11.5 Å². The maximum absolute atomic E-state index is 13.5. The smallest absolute Gasteiger partial charge is 0.267 e. The molecule has 0 atom stereocenters. The Balaban J connectivity index is 1.74. The summed E-state index contributed by atoms with van der Waals surface area (Å²) in [5.74, 6) is 0.500. The summed E-state index contributed by atoms with van der Waals surface area (Å²) in [5, 5.41) is 0. The fourth-order valence-electron chi connectivity index (χ4n) is 4.07. The third kappa shape index (κ3) is 4.60. The molecule has 2 aromatic heterocycles. The number of fused-ring (bicyclic) bond motifs is 1. The van der Waals surface area contributed by atoms with Crippen LogP contribution in [0, 0.1) is 6.92 Å². The molecule has 0 spiro atoms. The molecule has 2 aliphatic rings. The summed E-state index contributed by atoms with van der Waals surface area (Å²) >= 11 is 6.70. The summed E-state index contributed by atoms with van der Waals surface area (Å²) in [4.78, 5) is 35.7. The number of carbonyl (C=O) groups excluding carboxylic acids is 1. The molecular formula is C23H28N4O3S2. The van der Waals surface area contributed by atoms with Crippen LogP contribution in [0.2, 0.25) is 0 Å². The number of rotatable bonds is 7. The van der Waals surface area contributed by atoms with Gasteiger partial charge >= 0.3 is 0 Å². The first kappa shape index (κ1) is 22.9. The minimum Gasteiger partial charge on any atom is -0.382 e. The van der Waals surface area contributed by atoms with Gasteiger partial charge in [-0.05, 0) is 57.2 Å². The highest BCUT2D eigenvalue weighted by atomic mass is 32.2. The number of aryl methyl sites for hydroxylation is 1. The SMILES string of the molecule is CCOCCCN1C(=O)C(=Cc2c(N3CCCCC3)nc3c(C)cccn3c2=O)SC1=S. The number of anilines is 1. The number of ether oxygens (including phenoxy) is 1. The van der Waals surface area contributed by atoms with Crippen LogP contribution in [0.1, 0.15) is 43.7 Å². The minimum absolute atomic E-state index is 0.158. The minimum atomic E-state index is -0.166. The molecule has 0 aromatic carbocycles. The van der Waals surface area contributed by atoms with E-state index in [1.165, 1.54) is 18.2 Å². The number of aromatic nitrogens is 2. The zero-order valence-corrected chi connectivity index (χ0v) is 20.1. The summed E-state index contributed by atoms with van der Waals surface area (Å²) < 4.78 is 7.46. The Morgan fingerprint density at radius 2 is 2.03 bits per heavy atom. The first-order chi connectivity index (χ1) is 15.5. The van der Waals surface area contributed by atoms with Crippen LogP contribution in [0.25, 0.3) is 11.7 Å². The summed E-state index contributed by atoms with van der Waals surface area (Å²) in [6, 6.07) is 3.79. The lowest BCUT2D eigenvalue weighted by molar-refractivity contribution is -0.122. The van der Waals surface area contributed by atoms with Gasteiger partial charge in [-0.15, -0.1) is 0 Å². The van der Waals surface area contributed by atoms with Crippen LogP contribution in [-0.4, -0.2) is 57.4 Å². The van der Waals surface area contributed by atoms with Crippen molar-refractivity contribution in [1.82, 2.24) is 14.3 Å². The number of thioether (sulfide) groups is 1. The van der Waals surface area contributed by atoms with Crippen molar-refractivity contribution < 1.29 is 9.53 Å². The molecule has 0 saturated carbocycles. The van der Waals surface area contributed by atoms with E-state index in [4.69, 9.17) is 21.9 Å². The highest BCUT2D eigenvalue weighted by Gasteiger charge is 2.32. The lowest BCUT2D eigenvalue weighted by atomic mass is 10.1. The standard InChI is InChI=1S/C23H28N4O3S2/c1-3-30-14-8-13-27-22(29)18(32-23(27)31)15-17-20(25-10-5-4-6-11-25)24-19-16(2)9-7-12-26(19)21(17)28/h7,9,12,15H,3-6,8,10-11,13-14H2,1-2H3. The van der Waals surface area contributed by atoms with Gasteiger partial charge in [0, 0.05) is 39.0 Å². The van der Waals surface area contributed by atoms with Crippen molar-refractivity contribution in [3.05, 3.63) is 44.7 Å². The number of hydrogen-bond acceptors (Lipinski definition) is 7. The van der Waals surface area contributed by atoms with Crippen LogP contribution in [0.15, 0.2) is 28.0 Å². The quantitative estimate of drug-likeness (QED) is 0.346. The van der Waals surface area contributed by atoms with E-state index in [2.05, 4.69) is 4.90 Å². The molecule has 32 heavy (non-hydrogen) atoms. The van der Waals surface area contributed by atoms with Crippen molar-refractivity contribution in [1.29, 1.82) is 0 Å². The highest BCUT2D eigenvalue weighted by molar-refractivity contribution is 8.26. The van der Waals surface area contributed by atoms with Crippen LogP contribution in [-0.2, 0) is 9.53 Å². The van der Waals surface area contributed by atoms with Gasteiger partial charge in [0.1, 0.15) is 15.8 Å². The molecule has 2 fully saturated rings. The molecule has 4 heterocycles. The first-order valence-electron chi connectivity index (χ1n) is 11.1. The van der Waals surface area contributed by atoms with Gasteiger partial charge in [0.15, 0.2) is 0 Å². The Bertz CT molecular complexity index is 1120. The highest BCUT2D eigenvalue weighted by Crippen LogP contribution is 2.34. The van der Waals surface area contributed by atoms with Crippen LogP contribution in [0.3, 0.4) is 0 Å². The van der Waals surface area contributed by atoms with E-state index < -0.39 is 0 Å². The monoisotopic (exact) mass is 472 g/mol. The molecule has 7 nitrogen and oxygen atoms in total. The zero-order valence-electron chi connectivity index (χ0n) is 18.5. The van der Waals surface area contributed by atoms with Crippen molar-refractivity contribution in [2.24, 2.45) is 0 Å². The van der Waals surface area contributed by atoms with Gasteiger partial charge in [-0.25, -0.2) is 4.98 Å². The largest absolute Gasteiger partial charge is 0.382 e. The molecule has 1 amide bonds. The summed E-state index contributed by atoms with van der Waals surface area (Å²) in [7, 11) is 0. The number of carbonyl (C=O) groups is 1. The molecule has 0 bridgehead atoms. The number of amides is 1. The Kier molecular flexibility index (Phi) is 7.27. The molecular weight excluding hydrogens is 444 g/mol. The van der Waals surface area contributed by atoms with Crippen molar-refractivity contribution in [2.75, 3.05) is 37.7 Å². The van der Waals surface area contributed by atoms with Crippen LogP contribution >= 0.6 is 24.0 Å². The fourth-order valence-corrected chi connectivity index (χ4v) is 5.36. The molecule has 0 aliphatic carbocycles. The summed E-state index contributed by atoms with van der Waals surface area (Å²) in [6.07, 6.45) is 7.44. The Morgan fingerprint density at radius 3 is 2.78 bits per heavy atom. The molecule has 0 unspecified atom stereocenters. The molecule has 2 saturated heterocycles. The maximum atomic E-state index is 13.5. The van der Waals surface area contributed by atoms with Crippen molar-refractivity contribution in [3.63, 3.8) is 0 Å². The topological polar surface area (TPSA) is 67.2 Å². The fraction of sp³-hybridized carbons (Fsp3) is 0.478. The average Bonchev–Trinajstić information content (AvgIpc) is 3.06. The van der Waals surface area contributed by atoms with E-state index >= 15 is 0 Å². The van der Waals surface area contributed by atoms with Gasteiger partial charge in [0.05, 0.1) is 10.5 Å². The maximum Gasteiger partial charge on any atom is 0.267 e. The molecule has 9 heteroatoms. The number of thiocarbonyl (C=S) groups is 1. The second-order valence-corrected chi connectivity index (χ2v) is 9.65. The van der Waals surface area contributed by atoms with Crippen molar-refractivity contribution in [2.45, 2.75) is 39.5 Å². The van der Waals surface area contributed by atoms with Gasteiger partial charge in [-0.1, -0.05) is 30.0 Å². The normalized spacial score (nSPS) is 18.4. The van der Waals surface area contributed by atoms with Crippen molar-refractivity contribution >= 4 is 51.7 Å². The zero-order chi connectivity index (χ0) is 22.7. The van der Waals surface area contributed by atoms with Crippen molar-refractivity contribution in [3.8, 4) is 0 Å². The van der Waals surface area contributed by atoms with Gasteiger partial charge in [-0.3, -0.25) is 18.9 Å². The summed E-state index contributed by atoms with van der Waals surface area (Å²) in [6.45, 7) is 7.35. The lowest BCUT2D eigenvalue weighted by Gasteiger charge is -2.29. The van der Waals surface area contributed by atoms with E-state index in [1.54, 1.807) is 21.6 Å². The molecule has 0 radical (unpaired) electrons. The molecule has 2 aromatic rings. The van der Waals surface area contributed by atoms with Crippen LogP contribution < -0.4 is 10.5 Å². The Labute approximate surface area is 197 Å². The third-order valence-corrected chi connectivity index (χ3v) is 7.12. The average molecular weight is 473 g/mol. The van der Waals surface area contributed by atoms with Gasteiger partial charge in [0.25, 0.3) is 11.5 Å². The lowest BCUT2D eigenvalue weighted by Crippen LogP contribution is -2.34.